The third kappa shape index (κ3) is 4.64. The first-order valence-corrected chi connectivity index (χ1v) is 6.10. The van der Waals surface area contributed by atoms with E-state index in [0.29, 0.717) is 32.8 Å². The van der Waals surface area contributed by atoms with E-state index in [1.54, 1.807) is 0 Å². The van der Waals surface area contributed by atoms with Crippen molar-refractivity contribution >= 4 is 11.9 Å². The number of carbonyl (C=O) groups excluding carboxylic acids is 1. The lowest BCUT2D eigenvalue weighted by Gasteiger charge is -2.30. The quantitative estimate of drug-likeness (QED) is 0.784. The Balaban J connectivity index is 2.59. The van der Waals surface area contributed by atoms with E-state index in [4.69, 9.17) is 9.84 Å². The van der Waals surface area contributed by atoms with E-state index in [0.717, 1.165) is 7.05 Å². The van der Waals surface area contributed by atoms with Crippen LogP contribution < -0.4 is 0 Å². The van der Waals surface area contributed by atoms with Crippen molar-refractivity contribution in [2.75, 3.05) is 39.9 Å². The number of likely N-dealkylation sites (N-methyl/N-ethyl adjacent to an activating group) is 1. The lowest BCUT2D eigenvalue weighted by molar-refractivity contribution is -0.188. The number of rotatable bonds is 5. The van der Waals surface area contributed by atoms with E-state index in [9.17, 15) is 22.8 Å². The van der Waals surface area contributed by atoms with Crippen molar-refractivity contribution in [1.82, 2.24) is 9.80 Å². The van der Waals surface area contributed by atoms with E-state index < -0.39 is 24.1 Å². The summed E-state index contributed by atoms with van der Waals surface area (Å²) >= 11 is 0. The number of carbonyl (C=O) groups is 2. The fraction of sp³-hybridized carbons (Fsp3) is 0.818. The summed E-state index contributed by atoms with van der Waals surface area (Å²) in [6, 6.07) is -1.49. The van der Waals surface area contributed by atoms with E-state index in [2.05, 4.69) is 0 Å². The second kappa shape index (κ2) is 6.89. The van der Waals surface area contributed by atoms with Crippen molar-refractivity contribution in [1.29, 1.82) is 0 Å². The Morgan fingerprint density at radius 1 is 1.35 bits per heavy atom. The summed E-state index contributed by atoms with van der Waals surface area (Å²) in [5.74, 6) is -3.59. The second-order valence-electron chi connectivity index (χ2n) is 4.51. The molecule has 0 saturated carbocycles. The third-order valence-corrected chi connectivity index (χ3v) is 3.14. The van der Waals surface area contributed by atoms with Gasteiger partial charge in [-0.2, -0.15) is 13.2 Å². The summed E-state index contributed by atoms with van der Waals surface area (Å²) in [5, 5.41) is 8.98. The van der Waals surface area contributed by atoms with Gasteiger partial charge in [0.25, 0.3) is 0 Å². The third-order valence-electron chi connectivity index (χ3n) is 3.14. The number of aliphatic carboxylic acids is 1. The van der Waals surface area contributed by atoms with Gasteiger partial charge in [-0.1, -0.05) is 0 Å². The fourth-order valence-corrected chi connectivity index (χ4v) is 1.95. The highest BCUT2D eigenvalue weighted by atomic mass is 19.4. The minimum atomic E-state index is -5.07. The molecule has 0 bridgehead atoms. The van der Waals surface area contributed by atoms with Gasteiger partial charge in [0.2, 0.25) is 0 Å². The number of hydrogen-bond acceptors (Lipinski definition) is 4. The molecular weight excluding hydrogens is 281 g/mol. The maximum absolute atomic E-state index is 12.3. The molecule has 0 aromatic rings. The van der Waals surface area contributed by atoms with Gasteiger partial charge in [-0.15, -0.1) is 0 Å². The molecule has 116 valence electrons. The van der Waals surface area contributed by atoms with Crippen LogP contribution in [0.2, 0.25) is 0 Å². The lowest BCUT2D eigenvalue weighted by atomic mass is 10.1. The predicted molar refractivity (Wildman–Crippen MR) is 62.1 cm³/mol. The van der Waals surface area contributed by atoms with Gasteiger partial charge in [-0.3, -0.25) is 9.69 Å². The summed E-state index contributed by atoms with van der Waals surface area (Å²) in [6.07, 6.45) is -5.13. The molecule has 0 radical (unpaired) electrons. The maximum Gasteiger partial charge on any atom is 0.471 e. The standard InChI is InChI=1S/C11H17F3N2O4/c1-15(10(19)11(12,13)14)8(9(17)18)2-3-16-4-6-20-7-5-16/h8H,2-7H2,1H3,(H,17,18). The Kier molecular flexibility index (Phi) is 5.75. The average Bonchev–Trinajstić information content (AvgIpc) is 2.37. The number of halogens is 3. The van der Waals surface area contributed by atoms with Crippen LogP contribution in [-0.2, 0) is 14.3 Å². The zero-order valence-corrected chi connectivity index (χ0v) is 11.0. The van der Waals surface area contributed by atoms with Crippen molar-refractivity contribution < 1.29 is 32.6 Å². The molecular formula is C11H17F3N2O4. The van der Waals surface area contributed by atoms with Crippen molar-refractivity contribution in [3.8, 4) is 0 Å². The molecule has 0 aliphatic carbocycles. The second-order valence-corrected chi connectivity index (χ2v) is 4.51. The zero-order chi connectivity index (χ0) is 15.3. The van der Waals surface area contributed by atoms with Crippen LogP contribution in [0.3, 0.4) is 0 Å². The van der Waals surface area contributed by atoms with E-state index >= 15 is 0 Å². The Morgan fingerprint density at radius 3 is 2.35 bits per heavy atom. The van der Waals surface area contributed by atoms with Crippen LogP contribution in [0.15, 0.2) is 0 Å². The Labute approximate surface area is 114 Å². The van der Waals surface area contributed by atoms with Gasteiger partial charge in [0.05, 0.1) is 13.2 Å². The highest BCUT2D eigenvalue weighted by molar-refractivity contribution is 5.86. The topological polar surface area (TPSA) is 70.1 Å². The molecule has 9 heteroatoms. The zero-order valence-electron chi connectivity index (χ0n) is 11.0. The SMILES string of the molecule is CN(C(=O)C(F)(F)F)C(CCN1CCOCC1)C(=O)O. The van der Waals surface area contributed by atoms with E-state index in [-0.39, 0.29) is 11.3 Å². The number of carboxylic acids is 1. The minimum absolute atomic E-state index is 0.0619. The number of carboxylic acid groups (broad SMARTS) is 1. The Bertz CT molecular complexity index is 356. The molecule has 1 aliphatic heterocycles. The molecule has 1 heterocycles. The fourth-order valence-electron chi connectivity index (χ4n) is 1.95. The first-order valence-electron chi connectivity index (χ1n) is 6.10. The molecule has 1 saturated heterocycles. The highest BCUT2D eigenvalue weighted by Gasteiger charge is 2.44. The molecule has 0 spiro atoms. The van der Waals surface area contributed by atoms with Crippen LogP contribution in [0.1, 0.15) is 6.42 Å². The number of morpholine rings is 1. The molecule has 1 fully saturated rings. The van der Waals surface area contributed by atoms with Crippen LogP contribution in [0.4, 0.5) is 13.2 Å². The van der Waals surface area contributed by atoms with Crippen molar-refractivity contribution in [2.24, 2.45) is 0 Å². The molecule has 0 aromatic heterocycles. The molecule has 20 heavy (non-hydrogen) atoms. The average molecular weight is 298 g/mol. The summed E-state index contributed by atoms with van der Waals surface area (Å²) in [6.45, 7) is 2.52. The minimum Gasteiger partial charge on any atom is -0.480 e. The van der Waals surface area contributed by atoms with Gasteiger partial charge < -0.3 is 14.7 Å². The molecule has 1 amide bonds. The smallest absolute Gasteiger partial charge is 0.471 e. The first kappa shape index (κ1) is 16.7. The van der Waals surface area contributed by atoms with Gasteiger partial charge in [-0.25, -0.2) is 4.79 Å². The highest BCUT2D eigenvalue weighted by Crippen LogP contribution is 2.20. The van der Waals surface area contributed by atoms with Gasteiger partial charge in [0.1, 0.15) is 6.04 Å². The van der Waals surface area contributed by atoms with Crippen LogP contribution >= 0.6 is 0 Å². The molecule has 6 nitrogen and oxygen atoms in total. The summed E-state index contributed by atoms with van der Waals surface area (Å²) < 4.78 is 42.0. The molecule has 1 N–H and O–H groups in total. The molecule has 1 rings (SSSR count). The van der Waals surface area contributed by atoms with Crippen LogP contribution in [0.25, 0.3) is 0 Å². The Morgan fingerprint density at radius 2 is 1.90 bits per heavy atom. The molecule has 1 atom stereocenters. The van der Waals surface area contributed by atoms with E-state index in [1.807, 2.05) is 4.90 Å². The van der Waals surface area contributed by atoms with Gasteiger partial charge in [0.15, 0.2) is 0 Å². The van der Waals surface area contributed by atoms with Gasteiger partial charge in [-0.05, 0) is 6.42 Å². The maximum atomic E-state index is 12.3. The summed E-state index contributed by atoms with van der Waals surface area (Å²) in [7, 11) is 0.855. The number of amides is 1. The summed E-state index contributed by atoms with van der Waals surface area (Å²) in [5.41, 5.74) is 0. The first-order chi connectivity index (χ1) is 9.23. The predicted octanol–water partition coefficient (Wildman–Crippen LogP) is 0.183. The monoisotopic (exact) mass is 298 g/mol. The molecule has 1 aliphatic rings. The lowest BCUT2D eigenvalue weighted by Crippen LogP contribution is -2.49. The number of alkyl halides is 3. The van der Waals surface area contributed by atoms with Crippen LogP contribution in [-0.4, -0.2) is 78.9 Å². The number of nitrogens with zero attached hydrogens (tertiary/aromatic N) is 2. The van der Waals surface area contributed by atoms with E-state index in [1.165, 1.54) is 0 Å². The van der Waals surface area contributed by atoms with Gasteiger partial charge in [0, 0.05) is 26.7 Å². The van der Waals surface area contributed by atoms with Crippen LogP contribution in [0, 0.1) is 0 Å². The van der Waals surface area contributed by atoms with Crippen molar-refractivity contribution in [3.05, 3.63) is 0 Å². The van der Waals surface area contributed by atoms with Crippen molar-refractivity contribution in [2.45, 2.75) is 18.6 Å². The van der Waals surface area contributed by atoms with Gasteiger partial charge >= 0.3 is 18.1 Å². The normalized spacial score (nSPS) is 18.6. The Hall–Kier alpha value is -1.35. The number of hydrogen-bond donors (Lipinski definition) is 1. The summed E-state index contributed by atoms with van der Waals surface area (Å²) in [4.78, 5) is 24.2. The van der Waals surface area contributed by atoms with Crippen LogP contribution in [0.5, 0.6) is 0 Å². The molecule has 1 unspecified atom stereocenters. The number of ether oxygens (including phenoxy) is 1. The largest absolute Gasteiger partial charge is 0.480 e. The molecule has 0 aromatic carbocycles. The van der Waals surface area contributed by atoms with Crippen molar-refractivity contribution in [3.63, 3.8) is 0 Å².